The number of halogens is 1. The lowest BCUT2D eigenvalue weighted by atomic mass is 9.95. The number of fused-ring (bicyclic) bond motifs is 1. The van der Waals surface area contributed by atoms with E-state index in [1.807, 2.05) is 12.1 Å². The van der Waals surface area contributed by atoms with Gasteiger partial charge >= 0.3 is 0 Å². The average molecular weight is 452 g/mol. The summed E-state index contributed by atoms with van der Waals surface area (Å²) in [6.45, 7) is 0. The number of nitriles is 1. The Morgan fingerprint density at radius 3 is 2.77 bits per heavy atom. The van der Waals surface area contributed by atoms with E-state index >= 15 is 0 Å². The lowest BCUT2D eigenvalue weighted by molar-refractivity contribution is -0.112. The van der Waals surface area contributed by atoms with E-state index in [1.54, 1.807) is 30.3 Å². The zero-order chi connectivity index (χ0) is 22.0. The number of nitrogens with zero attached hydrogens (tertiary/aromatic N) is 1. The van der Waals surface area contributed by atoms with Gasteiger partial charge in [-0.25, -0.2) is 0 Å². The highest BCUT2D eigenvalue weighted by Crippen LogP contribution is 2.38. The third-order valence-corrected chi connectivity index (χ3v) is 6.47. The monoisotopic (exact) mass is 451 g/mol. The number of hydrogen-bond acceptors (Lipinski definition) is 5. The van der Waals surface area contributed by atoms with E-state index in [9.17, 15) is 14.9 Å². The first kappa shape index (κ1) is 20.9. The molecule has 2 aromatic heterocycles. The SMILES string of the molecule is N#C/C(=C\c1ccc(-c2cccc(Cl)c2)o1)C(=O)Nc1sc2c(c1C(N)=O)CCCC2. The van der Waals surface area contributed by atoms with Crippen molar-refractivity contribution in [2.75, 3.05) is 5.32 Å². The van der Waals surface area contributed by atoms with Crippen LogP contribution in [-0.4, -0.2) is 11.8 Å². The number of carbonyl (C=O) groups is 2. The van der Waals surface area contributed by atoms with Crippen molar-refractivity contribution in [2.24, 2.45) is 5.73 Å². The van der Waals surface area contributed by atoms with Crippen molar-refractivity contribution < 1.29 is 14.0 Å². The highest BCUT2D eigenvalue weighted by atomic mass is 35.5. The molecule has 0 spiro atoms. The summed E-state index contributed by atoms with van der Waals surface area (Å²) in [6.07, 6.45) is 5.00. The van der Waals surface area contributed by atoms with Crippen LogP contribution in [0.5, 0.6) is 0 Å². The maximum atomic E-state index is 12.8. The van der Waals surface area contributed by atoms with Crippen LogP contribution in [0.4, 0.5) is 5.00 Å². The van der Waals surface area contributed by atoms with Gasteiger partial charge in [-0.05, 0) is 55.5 Å². The van der Waals surface area contributed by atoms with Crippen molar-refractivity contribution in [3.63, 3.8) is 0 Å². The highest BCUT2D eigenvalue weighted by Gasteiger charge is 2.25. The predicted molar refractivity (Wildman–Crippen MR) is 121 cm³/mol. The van der Waals surface area contributed by atoms with E-state index in [4.69, 9.17) is 21.8 Å². The molecule has 8 heteroatoms. The molecule has 0 aliphatic heterocycles. The first-order valence-corrected chi connectivity index (χ1v) is 10.9. The molecule has 0 fully saturated rings. The molecule has 3 aromatic rings. The predicted octanol–water partition coefficient (Wildman–Crippen LogP) is 5.18. The number of carbonyl (C=O) groups excluding carboxylic acids is 2. The topological polar surface area (TPSA) is 109 Å². The van der Waals surface area contributed by atoms with E-state index in [2.05, 4.69) is 5.32 Å². The largest absolute Gasteiger partial charge is 0.457 e. The van der Waals surface area contributed by atoms with Gasteiger partial charge in [-0.15, -0.1) is 11.3 Å². The number of primary amides is 1. The summed E-state index contributed by atoms with van der Waals surface area (Å²) in [4.78, 5) is 25.8. The van der Waals surface area contributed by atoms with Crippen LogP contribution in [0.2, 0.25) is 5.02 Å². The molecule has 0 unspecified atom stereocenters. The molecule has 31 heavy (non-hydrogen) atoms. The Balaban J connectivity index is 1.59. The number of nitrogens with two attached hydrogens (primary N) is 1. The smallest absolute Gasteiger partial charge is 0.267 e. The maximum absolute atomic E-state index is 12.8. The molecule has 6 nitrogen and oxygen atoms in total. The zero-order valence-electron chi connectivity index (χ0n) is 16.4. The summed E-state index contributed by atoms with van der Waals surface area (Å²) in [5.74, 6) is -0.283. The minimum absolute atomic E-state index is 0.145. The third kappa shape index (κ3) is 4.41. The average Bonchev–Trinajstić information content (AvgIpc) is 3.36. The van der Waals surface area contributed by atoms with Gasteiger partial charge in [0.15, 0.2) is 0 Å². The van der Waals surface area contributed by atoms with Crippen LogP contribution < -0.4 is 11.1 Å². The maximum Gasteiger partial charge on any atom is 0.267 e. The van der Waals surface area contributed by atoms with Crippen LogP contribution >= 0.6 is 22.9 Å². The molecule has 1 aliphatic rings. The van der Waals surface area contributed by atoms with Gasteiger partial charge in [0.1, 0.15) is 28.2 Å². The molecule has 3 N–H and O–H groups in total. The van der Waals surface area contributed by atoms with Crippen molar-refractivity contribution in [1.82, 2.24) is 0 Å². The third-order valence-electron chi connectivity index (χ3n) is 5.03. The van der Waals surface area contributed by atoms with Crippen molar-refractivity contribution in [2.45, 2.75) is 25.7 Å². The molecule has 2 amide bonds. The van der Waals surface area contributed by atoms with Gasteiger partial charge in [0.05, 0.1) is 5.56 Å². The Hall–Kier alpha value is -3.34. The van der Waals surface area contributed by atoms with Crippen LogP contribution in [0.25, 0.3) is 17.4 Å². The van der Waals surface area contributed by atoms with Crippen molar-refractivity contribution in [3.05, 3.63) is 68.8 Å². The molecular formula is C23H18ClN3O3S. The minimum Gasteiger partial charge on any atom is -0.457 e. The molecule has 156 valence electrons. The van der Waals surface area contributed by atoms with E-state index < -0.39 is 11.8 Å². The summed E-state index contributed by atoms with van der Waals surface area (Å²) in [5, 5.41) is 13.2. The zero-order valence-corrected chi connectivity index (χ0v) is 18.0. The van der Waals surface area contributed by atoms with Gasteiger partial charge < -0.3 is 15.5 Å². The quantitative estimate of drug-likeness (QED) is 0.411. The number of thiophene rings is 1. The van der Waals surface area contributed by atoms with E-state index in [1.165, 1.54) is 17.4 Å². The first-order chi connectivity index (χ1) is 15.0. The van der Waals surface area contributed by atoms with Crippen LogP contribution in [0.15, 0.2) is 46.4 Å². The number of hydrogen-bond donors (Lipinski definition) is 2. The summed E-state index contributed by atoms with van der Waals surface area (Å²) in [5.41, 5.74) is 7.48. The van der Waals surface area contributed by atoms with Crippen LogP contribution in [0, 0.1) is 11.3 Å². The second kappa shape index (κ2) is 8.80. The summed E-state index contributed by atoms with van der Waals surface area (Å²) in [6, 6.07) is 12.5. The minimum atomic E-state index is -0.621. The molecule has 4 rings (SSSR count). The molecule has 0 atom stereocenters. The van der Waals surface area contributed by atoms with Gasteiger partial charge in [-0.3, -0.25) is 9.59 Å². The Labute approximate surface area is 187 Å². The molecule has 0 saturated carbocycles. The fourth-order valence-electron chi connectivity index (χ4n) is 3.60. The number of anilines is 1. The van der Waals surface area contributed by atoms with Gasteiger partial charge in [-0.2, -0.15) is 5.26 Å². The fourth-order valence-corrected chi connectivity index (χ4v) is 5.08. The molecule has 1 aliphatic carbocycles. The summed E-state index contributed by atoms with van der Waals surface area (Å²) >= 11 is 7.37. The van der Waals surface area contributed by atoms with E-state index in [0.717, 1.165) is 41.7 Å². The van der Waals surface area contributed by atoms with E-state index in [-0.39, 0.29) is 5.57 Å². The van der Waals surface area contributed by atoms with Crippen LogP contribution in [-0.2, 0) is 17.6 Å². The molecule has 0 radical (unpaired) electrons. The Morgan fingerprint density at radius 2 is 2.03 bits per heavy atom. The van der Waals surface area contributed by atoms with Gasteiger partial charge in [-0.1, -0.05) is 23.7 Å². The first-order valence-electron chi connectivity index (χ1n) is 9.69. The second-order valence-electron chi connectivity index (χ2n) is 7.12. The standard InChI is InChI=1S/C23H18ClN3O3S/c24-15-5-3-4-13(10-15)18-9-8-16(30-18)11-14(12-25)22(29)27-23-20(21(26)28)17-6-1-2-7-19(17)31-23/h3-5,8-11H,1-2,6-7H2,(H2,26,28)(H,27,29)/b14-11+. The highest BCUT2D eigenvalue weighted by molar-refractivity contribution is 7.17. The number of aryl methyl sites for hydroxylation is 1. The molecule has 0 bridgehead atoms. The number of amides is 2. The van der Waals surface area contributed by atoms with Crippen molar-refractivity contribution >= 4 is 45.8 Å². The molecular weight excluding hydrogens is 434 g/mol. The lowest BCUT2D eigenvalue weighted by Gasteiger charge is -2.11. The molecule has 2 heterocycles. The fraction of sp³-hybridized carbons (Fsp3) is 0.174. The van der Waals surface area contributed by atoms with Crippen LogP contribution in [0.3, 0.4) is 0 Å². The normalized spacial score (nSPS) is 13.4. The van der Waals surface area contributed by atoms with Gasteiger partial charge in [0.25, 0.3) is 11.8 Å². The number of benzene rings is 1. The van der Waals surface area contributed by atoms with Crippen molar-refractivity contribution in [1.29, 1.82) is 5.26 Å². The lowest BCUT2D eigenvalue weighted by Crippen LogP contribution is -2.19. The number of rotatable bonds is 5. The molecule has 0 saturated heterocycles. The Morgan fingerprint density at radius 1 is 1.23 bits per heavy atom. The van der Waals surface area contributed by atoms with Crippen LogP contribution in [0.1, 0.15) is 39.4 Å². The Kier molecular flexibility index (Phi) is 5.94. The number of furan rings is 1. The number of nitrogens with one attached hydrogen (secondary N) is 1. The van der Waals surface area contributed by atoms with Crippen molar-refractivity contribution in [3.8, 4) is 17.4 Å². The van der Waals surface area contributed by atoms with Gasteiger partial charge in [0, 0.05) is 21.5 Å². The second-order valence-corrected chi connectivity index (χ2v) is 8.66. The summed E-state index contributed by atoms with van der Waals surface area (Å²) in [7, 11) is 0. The summed E-state index contributed by atoms with van der Waals surface area (Å²) < 4.78 is 5.75. The Bertz CT molecular complexity index is 1250. The van der Waals surface area contributed by atoms with Gasteiger partial charge in [0.2, 0.25) is 0 Å². The van der Waals surface area contributed by atoms with E-state index in [0.29, 0.717) is 27.1 Å². The molecule has 1 aromatic carbocycles.